The Morgan fingerprint density at radius 1 is 1.25 bits per heavy atom. The number of thiophene rings is 1. The van der Waals surface area contributed by atoms with Gasteiger partial charge in [-0.25, -0.2) is 4.39 Å². The first-order chi connectivity index (χ1) is 9.49. The van der Waals surface area contributed by atoms with Gasteiger partial charge in [-0.3, -0.25) is 4.90 Å². The highest BCUT2D eigenvalue weighted by Crippen LogP contribution is 2.30. The summed E-state index contributed by atoms with van der Waals surface area (Å²) in [6.07, 6.45) is 0. The Balaban J connectivity index is 2.20. The van der Waals surface area contributed by atoms with E-state index in [0.29, 0.717) is 12.1 Å². The van der Waals surface area contributed by atoms with E-state index in [1.165, 1.54) is 15.8 Å². The van der Waals surface area contributed by atoms with Crippen molar-refractivity contribution in [2.45, 2.75) is 32.5 Å². The molecule has 108 valence electrons. The van der Waals surface area contributed by atoms with Crippen molar-refractivity contribution < 1.29 is 4.39 Å². The van der Waals surface area contributed by atoms with Gasteiger partial charge in [-0.15, -0.1) is 11.3 Å². The molecule has 1 aromatic heterocycles. The van der Waals surface area contributed by atoms with Crippen molar-refractivity contribution in [3.8, 4) is 0 Å². The van der Waals surface area contributed by atoms with Crippen molar-refractivity contribution in [1.82, 2.24) is 4.90 Å². The van der Waals surface area contributed by atoms with Gasteiger partial charge in [-0.05, 0) is 39.1 Å². The van der Waals surface area contributed by atoms with Gasteiger partial charge in [0.2, 0.25) is 0 Å². The van der Waals surface area contributed by atoms with Gasteiger partial charge in [-0.2, -0.15) is 0 Å². The largest absolute Gasteiger partial charge is 0.326 e. The second-order valence-electron chi connectivity index (χ2n) is 5.26. The smallest absolute Gasteiger partial charge is 0.127 e. The summed E-state index contributed by atoms with van der Waals surface area (Å²) < 4.78 is 13.8. The molecule has 4 heteroatoms. The molecule has 2 aromatic rings. The van der Waals surface area contributed by atoms with Gasteiger partial charge in [0.25, 0.3) is 0 Å². The van der Waals surface area contributed by atoms with Crippen LogP contribution in [0.15, 0.2) is 36.4 Å². The molecule has 1 aromatic carbocycles. The van der Waals surface area contributed by atoms with Crippen molar-refractivity contribution in [2.24, 2.45) is 5.73 Å². The van der Waals surface area contributed by atoms with E-state index in [1.807, 2.05) is 26.1 Å². The monoisotopic (exact) mass is 292 g/mol. The molecule has 2 nitrogen and oxygen atoms in total. The van der Waals surface area contributed by atoms with Crippen LogP contribution in [0.5, 0.6) is 0 Å². The molecule has 0 aliphatic rings. The number of likely N-dealkylation sites (N-methyl/N-ethyl adjacent to an activating group) is 1. The lowest BCUT2D eigenvalue weighted by molar-refractivity contribution is 0.212. The van der Waals surface area contributed by atoms with Crippen molar-refractivity contribution in [3.05, 3.63) is 57.5 Å². The number of nitrogens with zero attached hydrogens (tertiary/aromatic N) is 1. The van der Waals surface area contributed by atoms with E-state index in [0.717, 1.165) is 0 Å². The number of hydrogen-bond donors (Lipinski definition) is 1. The van der Waals surface area contributed by atoms with Gasteiger partial charge in [0.15, 0.2) is 0 Å². The van der Waals surface area contributed by atoms with Gasteiger partial charge in [-0.1, -0.05) is 18.2 Å². The zero-order chi connectivity index (χ0) is 14.7. The lowest BCUT2D eigenvalue weighted by Crippen LogP contribution is -2.36. The molecule has 0 amide bonds. The lowest BCUT2D eigenvalue weighted by Gasteiger charge is -2.30. The summed E-state index contributed by atoms with van der Waals surface area (Å²) in [5, 5.41) is 0. The predicted molar refractivity (Wildman–Crippen MR) is 83.3 cm³/mol. The fraction of sp³-hybridized carbons (Fsp3) is 0.375. The molecule has 0 saturated carbocycles. The van der Waals surface area contributed by atoms with Gasteiger partial charge in [0.05, 0.1) is 6.04 Å². The molecule has 0 saturated heterocycles. The maximum atomic E-state index is 13.8. The third-order valence-electron chi connectivity index (χ3n) is 3.40. The van der Waals surface area contributed by atoms with Crippen LogP contribution in [0, 0.1) is 12.7 Å². The molecule has 1 heterocycles. The molecular formula is C16H21FN2S. The molecule has 0 bridgehead atoms. The Hall–Kier alpha value is -1.23. The van der Waals surface area contributed by atoms with E-state index in [-0.39, 0.29) is 17.9 Å². The van der Waals surface area contributed by atoms with E-state index in [2.05, 4.69) is 24.0 Å². The third kappa shape index (κ3) is 3.45. The Morgan fingerprint density at radius 2 is 1.95 bits per heavy atom. The maximum Gasteiger partial charge on any atom is 0.127 e. The first-order valence-corrected chi connectivity index (χ1v) is 7.56. The maximum absolute atomic E-state index is 13.8. The van der Waals surface area contributed by atoms with Crippen LogP contribution >= 0.6 is 11.3 Å². The van der Waals surface area contributed by atoms with Crippen molar-refractivity contribution in [1.29, 1.82) is 0 Å². The van der Waals surface area contributed by atoms with E-state index >= 15 is 0 Å². The third-order valence-corrected chi connectivity index (χ3v) is 4.47. The Kier molecular flexibility index (Phi) is 4.91. The topological polar surface area (TPSA) is 29.3 Å². The predicted octanol–water partition coefficient (Wildman–Crippen LogP) is 3.72. The van der Waals surface area contributed by atoms with Crippen molar-refractivity contribution in [2.75, 3.05) is 7.05 Å². The second kappa shape index (κ2) is 6.48. The van der Waals surface area contributed by atoms with Crippen molar-refractivity contribution in [3.63, 3.8) is 0 Å². The molecule has 0 spiro atoms. The molecule has 0 fully saturated rings. The fourth-order valence-corrected chi connectivity index (χ4v) is 3.64. The molecule has 0 radical (unpaired) electrons. The highest BCUT2D eigenvalue weighted by atomic mass is 32.1. The second-order valence-corrected chi connectivity index (χ2v) is 6.58. The normalized spacial score (nSPS) is 14.5. The molecule has 2 N–H and O–H groups in total. The Bertz CT molecular complexity index is 565. The van der Waals surface area contributed by atoms with E-state index in [9.17, 15) is 4.39 Å². The number of hydrogen-bond acceptors (Lipinski definition) is 3. The molecule has 2 unspecified atom stereocenters. The molecular weight excluding hydrogens is 271 g/mol. The summed E-state index contributed by atoms with van der Waals surface area (Å²) in [5.74, 6) is -0.162. The zero-order valence-electron chi connectivity index (χ0n) is 12.1. The average Bonchev–Trinajstić information content (AvgIpc) is 2.78. The molecule has 2 atom stereocenters. The number of benzene rings is 1. The first kappa shape index (κ1) is 15.2. The van der Waals surface area contributed by atoms with Crippen LogP contribution in [0.3, 0.4) is 0 Å². The van der Waals surface area contributed by atoms with Crippen LogP contribution in [0.1, 0.15) is 28.3 Å². The van der Waals surface area contributed by atoms with Gasteiger partial charge < -0.3 is 5.73 Å². The minimum Gasteiger partial charge on any atom is -0.326 e. The van der Waals surface area contributed by atoms with E-state index < -0.39 is 0 Å². The number of halogens is 1. The molecule has 20 heavy (non-hydrogen) atoms. The number of nitrogens with two attached hydrogens (primary N) is 1. The van der Waals surface area contributed by atoms with Crippen LogP contribution in [-0.4, -0.2) is 18.0 Å². The average molecular weight is 292 g/mol. The Labute approximate surface area is 124 Å². The Morgan fingerprint density at radius 3 is 2.50 bits per heavy atom. The zero-order valence-corrected chi connectivity index (χ0v) is 13.0. The lowest BCUT2D eigenvalue weighted by atomic mass is 10.1. The number of rotatable bonds is 5. The van der Waals surface area contributed by atoms with E-state index in [1.54, 1.807) is 17.4 Å². The molecule has 0 aliphatic heterocycles. The van der Waals surface area contributed by atoms with Gasteiger partial charge in [0, 0.05) is 27.9 Å². The summed E-state index contributed by atoms with van der Waals surface area (Å²) in [5.41, 5.74) is 6.84. The standard InChI is InChI=1S/C16H21FN2S/c1-11-8-9-15(20-11)16(12(2)18)19(3)10-13-6-4-5-7-14(13)17/h4-9,12,16H,10,18H2,1-3H3. The highest BCUT2D eigenvalue weighted by molar-refractivity contribution is 7.12. The van der Waals surface area contributed by atoms with Crippen LogP contribution in [0.4, 0.5) is 4.39 Å². The SMILES string of the molecule is Cc1ccc(C(C(C)N)N(C)Cc2ccccc2F)s1. The minimum atomic E-state index is -0.162. The summed E-state index contributed by atoms with van der Waals surface area (Å²) in [6, 6.07) is 11.2. The highest BCUT2D eigenvalue weighted by Gasteiger charge is 2.23. The van der Waals surface area contributed by atoms with E-state index in [4.69, 9.17) is 5.73 Å². The minimum absolute atomic E-state index is 0.00942. The van der Waals surface area contributed by atoms with Gasteiger partial charge in [0.1, 0.15) is 5.82 Å². The summed E-state index contributed by atoms with van der Waals surface area (Å²) in [6.45, 7) is 4.64. The summed E-state index contributed by atoms with van der Waals surface area (Å²) in [7, 11) is 2.00. The summed E-state index contributed by atoms with van der Waals surface area (Å²) >= 11 is 1.75. The van der Waals surface area contributed by atoms with Crippen LogP contribution in [-0.2, 0) is 6.54 Å². The summed E-state index contributed by atoms with van der Waals surface area (Å²) in [4.78, 5) is 4.62. The fourth-order valence-electron chi connectivity index (χ4n) is 2.48. The van der Waals surface area contributed by atoms with Crippen molar-refractivity contribution >= 4 is 11.3 Å². The molecule has 2 rings (SSSR count). The van der Waals surface area contributed by atoms with Crippen LogP contribution in [0.25, 0.3) is 0 Å². The quantitative estimate of drug-likeness (QED) is 0.910. The first-order valence-electron chi connectivity index (χ1n) is 6.74. The molecule has 0 aliphatic carbocycles. The van der Waals surface area contributed by atoms with Gasteiger partial charge >= 0.3 is 0 Å². The number of aryl methyl sites for hydroxylation is 1. The van der Waals surface area contributed by atoms with Crippen LogP contribution < -0.4 is 5.73 Å². The van der Waals surface area contributed by atoms with Crippen LogP contribution in [0.2, 0.25) is 0 Å².